The lowest BCUT2D eigenvalue weighted by Crippen LogP contribution is -2.56. The summed E-state index contributed by atoms with van der Waals surface area (Å²) in [6.07, 6.45) is 0. The summed E-state index contributed by atoms with van der Waals surface area (Å²) in [5.41, 5.74) is 4.58. The Bertz CT molecular complexity index is 416. The van der Waals surface area contributed by atoms with Crippen LogP contribution in [0.1, 0.15) is 27.7 Å². The van der Waals surface area contributed by atoms with Crippen LogP contribution in [0.25, 0.3) is 0 Å². The van der Waals surface area contributed by atoms with Gasteiger partial charge in [-0.25, -0.2) is 0 Å². The van der Waals surface area contributed by atoms with Crippen LogP contribution >= 0.6 is 0 Å². The van der Waals surface area contributed by atoms with E-state index in [-0.39, 0.29) is 5.91 Å². The molecule has 3 N–H and O–H groups in total. The first-order chi connectivity index (χ1) is 8.55. The molecular formula is C15H24N2O2. The van der Waals surface area contributed by atoms with Gasteiger partial charge in [-0.15, -0.1) is 0 Å². The van der Waals surface area contributed by atoms with Gasteiger partial charge in [0, 0.05) is 12.7 Å². The van der Waals surface area contributed by atoms with Gasteiger partial charge in [0.2, 0.25) is 5.91 Å². The number of carbonyl (C=O) groups excluding carboxylic acids is 1. The summed E-state index contributed by atoms with van der Waals surface area (Å²) in [5, 5.41) is 10.1. The van der Waals surface area contributed by atoms with Crippen LogP contribution in [0, 0.1) is 11.3 Å². The number of rotatable bonds is 3. The largest absolute Gasteiger partial charge is 0.376 e. The Labute approximate surface area is 115 Å². The molecule has 4 heteroatoms. The highest BCUT2D eigenvalue weighted by molar-refractivity contribution is 5.95. The molecule has 0 aliphatic carbocycles. The van der Waals surface area contributed by atoms with E-state index < -0.39 is 17.1 Å². The van der Waals surface area contributed by atoms with Crippen LogP contribution < -0.4 is 10.6 Å². The third-order valence-corrected chi connectivity index (χ3v) is 3.17. The Kier molecular flexibility index (Phi) is 4.38. The minimum Gasteiger partial charge on any atom is -0.376 e. The summed E-state index contributed by atoms with van der Waals surface area (Å²) in [6, 6.07) is 9.32. The molecule has 1 amide bonds. The molecule has 0 saturated carbocycles. The zero-order valence-electron chi connectivity index (χ0n) is 12.3. The van der Waals surface area contributed by atoms with Crippen LogP contribution in [-0.2, 0) is 4.79 Å². The van der Waals surface area contributed by atoms with Crippen molar-refractivity contribution in [1.82, 2.24) is 0 Å². The van der Waals surface area contributed by atoms with Crippen molar-refractivity contribution in [3.8, 4) is 0 Å². The number of anilines is 1. The second kappa shape index (κ2) is 5.31. The predicted molar refractivity (Wildman–Crippen MR) is 77.6 cm³/mol. The van der Waals surface area contributed by atoms with E-state index in [0.717, 1.165) is 5.69 Å². The Hall–Kier alpha value is -1.39. The van der Waals surface area contributed by atoms with Crippen molar-refractivity contribution in [2.24, 2.45) is 17.1 Å². The maximum absolute atomic E-state index is 12.6. The van der Waals surface area contributed by atoms with Crippen molar-refractivity contribution in [2.45, 2.75) is 33.4 Å². The van der Waals surface area contributed by atoms with Gasteiger partial charge in [0.1, 0.15) is 5.72 Å². The standard InChI is InChI=1S/C15H24N2O2/c1-14(2,3)12(15(4,16)19)13(18)17(5)11-9-7-6-8-10-11/h6-10,12,19H,16H2,1-5H3. The van der Waals surface area contributed by atoms with Gasteiger partial charge >= 0.3 is 0 Å². The molecule has 19 heavy (non-hydrogen) atoms. The number of para-hydroxylation sites is 1. The van der Waals surface area contributed by atoms with Crippen LogP contribution in [-0.4, -0.2) is 23.8 Å². The Morgan fingerprint density at radius 2 is 1.68 bits per heavy atom. The number of hydrogen-bond acceptors (Lipinski definition) is 3. The van der Waals surface area contributed by atoms with E-state index in [2.05, 4.69) is 0 Å². The number of amides is 1. The molecule has 2 unspecified atom stereocenters. The Balaban J connectivity index is 3.09. The highest BCUT2D eigenvalue weighted by Crippen LogP contribution is 2.34. The topological polar surface area (TPSA) is 66.6 Å². The lowest BCUT2D eigenvalue weighted by atomic mass is 9.74. The van der Waals surface area contributed by atoms with Crippen molar-refractivity contribution in [2.75, 3.05) is 11.9 Å². The highest BCUT2D eigenvalue weighted by Gasteiger charge is 2.44. The van der Waals surface area contributed by atoms with Crippen molar-refractivity contribution >= 4 is 11.6 Å². The summed E-state index contributed by atoms with van der Waals surface area (Å²) in [6.45, 7) is 7.17. The molecule has 0 fully saturated rings. The SMILES string of the molecule is CN(C(=O)C(C(C)(C)C)C(C)(N)O)c1ccccc1. The van der Waals surface area contributed by atoms with Gasteiger partial charge in [0.25, 0.3) is 0 Å². The second-order valence-corrected chi connectivity index (χ2v) is 6.26. The number of hydrogen-bond donors (Lipinski definition) is 2. The quantitative estimate of drug-likeness (QED) is 0.820. The fraction of sp³-hybridized carbons (Fsp3) is 0.533. The zero-order valence-corrected chi connectivity index (χ0v) is 12.3. The minimum absolute atomic E-state index is 0.189. The molecule has 2 atom stereocenters. The normalized spacial score (nSPS) is 16.6. The molecule has 0 spiro atoms. The van der Waals surface area contributed by atoms with Crippen LogP contribution in [0.4, 0.5) is 5.69 Å². The molecule has 0 saturated heterocycles. The van der Waals surface area contributed by atoms with Crippen LogP contribution in [0.5, 0.6) is 0 Å². The van der Waals surface area contributed by atoms with Gasteiger partial charge < -0.3 is 15.7 Å². The molecule has 0 aromatic heterocycles. The third-order valence-electron chi connectivity index (χ3n) is 3.17. The fourth-order valence-corrected chi connectivity index (χ4v) is 2.47. The van der Waals surface area contributed by atoms with Gasteiger partial charge in [-0.1, -0.05) is 39.0 Å². The van der Waals surface area contributed by atoms with E-state index in [1.54, 1.807) is 7.05 Å². The van der Waals surface area contributed by atoms with E-state index in [0.29, 0.717) is 0 Å². The number of benzene rings is 1. The number of nitrogens with two attached hydrogens (primary N) is 1. The van der Waals surface area contributed by atoms with E-state index in [1.807, 2.05) is 51.1 Å². The molecule has 0 aliphatic heterocycles. The van der Waals surface area contributed by atoms with Gasteiger partial charge in [0.15, 0.2) is 0 Å². The highest BCUT2D eigenvalue weighted by atomic mass is 16.3. The Morgan fingerprint density at radius 1 is 1.21 bits per heavy atom. The summed E-state index contributed by atoms with van der Waals surface area (Å²) in [7, 11) is 1.70. The van der Waals surface area contributed by atoms with Crippen LogP contribution in [0.2, 0.25) is 0 Å². The molecular weight excluding hydrogens is 240 g/mol. The fourth-order valence-electron chi connectivity index (χ4n) is 2.47. The first-order valence-corrected chi connectivity index (χ1v) is 6.39. The number of aliphatic hydroxyl groups is 1. The maximum Gasteiger partial charge on any atom is 0.234 e. The molecule has 1 aromatic carbocycles. The average molecular weight is 264 g/mol. The lowest BCUT2D eigenvalue weighted by Gasteiger charge is -2.39. The van der Waals surface area contributed by atoms with Crippen molar-refractivity contribution in [3.05, 3.63) is 30.3 Å². The Morgan fingerprint density at radius 3 is 2.05 bits per heavy atom. The molecule has 0 bridgehead atoms. The summed E-state index contributed by atoms with van der Waals surface area (Å²) in [4.78, 5) is 14.2. The average Bonchev–Trinajstić information content (AvgIpc) is 2.25. The van der Waals surface area contributed by atoms with Gasteiger partial charge in [0.05, 0.1) is 5.92 Å². The smallest absolute Gasteiger partial charge is 0.234 e. The zero-order chi connectivity index (χ0) is 14.8. The van der Waals surface area contributed by atoms with Crippen LogP contribution in [0.15, 0.2) is 30.3 Å². The van der Waals surface area contributed by atoms with Gasteiger partial charge in [-0.05, 0) is 24.5 Å². The maximum atomic E-state index is 12.6. The summed E-state index contributed by atoms with van der Waals surface area (Å²) in [5.74, 6) is -0.878. The van der Waals surface area contributed by atoms with Crippen molar-refractivity contribution < 1.29 is 9.90 Å². The summed E-state index contributed by atoms with van der Waals surface area (Å²) < 4.78 is 0. The lowest BCUT2D eigenvalue weighted by molar-refractivity contribution is -0.137. The molecule has 0 heterocycles. The second-order valence-electron chi connectivity index (χ2n) is 6.26. The van der Waals surface area contributed by atoms with Crippen molar-refractivity contribution in [3.63, 3.8) is 0 Å². The van der Waals surface area contributed by atoms with E-state index >= 15 is 0 Å². The van der Waals surface area contributed by atoms with E-state index in [4.69, 9.17) is 5.73 Å². The monoisotopic (exact) mass is 264 g/mol. The third kappa shape index (κ3) is 3.78. The molecule has 1 rings (SSSR count). The van der Waals surface area contributed by atoms with E-state index in [9.17, 15) is 9.90 Å². The molecule has 0 radical (unpaired) electrons. The van der Waals surface area contributed by atoms with Crippen molar-refractivity contribution in [1.29, 1.82) is 0 Å². The molecule has 1 aromatic rings. The minimum atomic E-state index is -1.56. The van der Waals surface area contributed by atoms with Crippen LogP contribution in [0.3, 0.4) is 0 Å². The molecule has 0 aliphatic rings. The first-order valence-electron chi connectivity index (χ1n) is 6.39. The molecule has 4 nitrogen and oxygen atoms in total. The van der Waals surface area contributed by atoms with Gasteiger partial charge in [-0.3, -0.25) is 4.79 Å². The summed E-state index contributed by atoms with van der Waals surface area (Å²) >= 11 is 0. The first kappa shape index (κ1) is 15.7. The van der Waals surface area contributed by atoms with E-state index in [1.165, 1.54) is 11.8 Å². The number of carbonyl (C=O) groups is 1. The van der Waals surface area contributed by atoms with Gasteiger partial charge in [-0.2, -0.15) is 0 Å². The molecule has 106 valence electrons. The predicted octanol–water partition coefficient (Wildman–Crippen LogP) is 1.98. The number of nitrogens with zero attached hydrogens (tertiary/aromatic N) is 1.